The Hall–Kier alpha value is -2.53. The van der Waals surface area contributed by atoms with Crippen molar-refractivity contribution in [1.29, 1.82) is 0 Å². The third-order valence-electron chi connectivity index (χ3n) is 3.42. The van der Waals surface area contributed by atoms with Gasteiger partial charge in [0.2, 0.25) is 0 Å². The van der Waals surface area contributed by atoms with Gasteiger partial charge in [-0.2, -0.15) is 0 Å². The monoisotopic (exact) mass is 361 g/mol. The lowest BCUT2D eigenvalue weighted by atomic mass is 10.2. The van der Waals surface area contributed by atoms with Crippen LogP contribution in [-0.4, -0.2) is 24.6 Å². The van der Waals surface area contributed by atoms with E-state index in [1.165, 1.54) is 12.1 Å². The summed E-state index contributed by atoms with van der Waals surface area (Å²) in [5.41, 5.74) is 0.743. The number of rotatable bonds is 7. The molecular weight excluding hydrogens is 342 g/mol. The van der Waals surface area contributed by atoms with Gasteiger partial charge in [-0.05, 0) is 43.7 Å². The van der Waals surface area contributed by atoms with Gasteiger partial charge >= 0.3 is 5.97 Å². The number of ether oxygens (including phenoxy) is 2. The quantitative estimate of drug-likeness (QED) is 0.746. The van der Waals surface area contributed by atoms with Gasteiger partial charge in [0.1, 0.15) is 5.75 Å². The molecule has 1 atom stereocenters. The van der Waals surface area contributed by atoms with Gasteiger partial charge in [-0.25, -0.2) is 4.79 Å². The summed E-state index contributed by atoms with van der Waals surface area (Å²) < 4.78 is 10.6. The Morgan fingerprint density at radius 3 is 2.44 bits per heavy atom. The van der Waals surface area contributed by atoms with Crippen LogP contribution >= 0.6 is 11.6 Å². The normalized spacial score (nSPS) is 11.5. The number of esters is 1. The molecule has 0 aromatic heterocycles. The first-order valence-electron chi connectivity index (χ1n) is 8.04. The molecule has 0 spiro atoms. The van der Waals surface area contributed by atoms with Crippen LogP contribution in [0.2, 0.25) is 5.02 Å². The highest BCUT2D eigenvalue weighted by Crippen LogP contribution is 2.22. The summed E-state index contributed by atoms with van der Waals surface area (Å²) in [6.45, 7) is 3.85. The number of hydrogen-bond donors (Lipinski definition) is 1. The molecule has 0 heterocycles. The van der Waals surface area contributed by atoms with Crippen molar-refractivity contribution >= 4 is 29.2 Å². The fourth-order valence-corrected chi connectivity index (χ4v) is 2.43. The molecule has 2 rings (SSSR count). The minimum absolute atomic E-state index is 0.216. The maximum Gasteiger partial charge on any atom is 0.339 e. The first-order valence-corrected chi connectivity index (χ1v) is 8.42. The summed E-state index contributed by atoms with van der Waals surface area (Å²) in [5, 5.41) is 2.97. The van der Waals surface area contributed by atoms with E-state index in [1.807, 2.05) is 25.1 Å². The number of carbonyl (C=O) groups is 2. The largest absolute Gasteiger partial charge is 0.481 e. The molecule has 1 amide bonds. The van der Waals surface area contributed by atoms with E-state index in [1.54, 1.807) is 25.1 Å². The number of amides is 1. The Morgan fingerprint density at radius 1 is 1.12 bits per heavy atom. The Morgan fingerprint density at radius 2 is 1.84 bits per heavy atom. The number of benzene rings is 2. The maximum absolute atomic E-state index is 12.4. The standard InChI is InChI=1S/C19H20ClNO4/c1-3-17(25-14-8-6-5-7-9-14)18(22)21-13-10-11-15(16(20)12-13)19(23)24-4-2/h5-12,17H,3-4H2,1-2H3,(H,21,22)/t17-/m0/s1. The van der Waals surface area contributed by atoms with Crippen LogP contribution in [0.5, 0.6) is 5.75 Å². The summed E-state index contributed by atoms with van der Waals surface area (Å²) in [6, 6.07) is 13.8. The molecule has 6 heteroatoms. The minimum atomic E-state index is -0.633. The lowest BCUT2D eigenvalue weighted by Crippen LogP contribution is -2.32. The molecule has 25 heavy (non-hydrogen) atoms. The van der Waals surface area contributed by atoms with Crippen LogP contribution in [0, 0.1) is 0 Å². The predicted molar refractivity (Wildman–Crippen MR) is 97.2 cm³/mol. The lowest BCUT2D eigenvalue weighted by Gasteiger charge is -2.17. The first-order chi connectivity index (χ1) is 12.0. The van der Waals surface area contributed by atoms with Gasteiger partial charge < -0.3 is 14.8 Å². The maximum atomic E-state index is 12.4. The van der Waals surface area contributed by atoms with Crippen molar-refractivity contribution in [3.05, 3.63) is 59.1 Å². The summed E-state index contributed by atoms with van der Waals surface area (Å²) in [6.07, 6.45) is -0.124. The van der Waals surface area contributed by atoms with Crippen molar-refractivity contribution < 1.29 is 19.1 Å². The van der Waals surface area contributed by atoms with Crippen LogP contribution in [-0.2, 0) is 9.53 Å². The Balaban J connectivity index is 2.06. The highest BCUT2D eigenvalue weighted by Gasteiger charge is 2.19. The number of hydrogen-bond acceptors (Lipinski definition) is 4. The Kier molecular flexibility index (Phi) is 6.83. The molecule has 0 aliphatic rings. The predicted octanol–water partition coefficient (Wildman–Crippen LogP) is 4.31. The summed E-state index contributed by atoms with van der Waals surface area (Å²) in [7, 11) is 0. The minimum Gasteiger partial charge on any atom is -0.481 e. The molecule has 2 aromatic rings. The van der Waals surface area contributed by atoms with Crippen molar-refractivity contribution in [3.8, 4) is 5.75 Å². The third kappa shape index (κ3) is 5.22. The molecule has 0 radical (unpaired) electrons. The van der Waals surface area contributed by atoms with Crippen LogP contribution in [0.1, 0.15) is 30.6 Å². The molecule has 0 unspecified atom stereocenters. The van der Waals surface area contributed by atoms with E-state index in [4.69, 9.17) is 21.1 Å². The van der Waals surface area contributed by atoms with Gasteiger partial charge in [0, 0.05) is 5.69 Å². The Labute approximate surface area is 151 Å². The molecule has 0 aliphatic carbocycles. The smallest absolute Gasteiger partial charge is 0.339 e. The first kappa shape index (κ1) is 18.8. The number of carbonyl (C=O) groups excluding carboxylic acids is 2. The molecular formula is C19H20ClNO4. The van der Waals surface area contributed by atoms with Crippen molar-refractivity contribution in [2.45, 2.75) is 26.4 Å². The molecule has 0 bridgehead atoms. The average molecular weight is 362 g/mol. The van der Waals surface area contributed by atoms with Crippen molar-refractivity contribution in [2.24, 2.45) is 0 Å². The van der Waals surface area contributed by atoms with Crippen molar-refractivity contribution in [2.75, 3.05) is 11.9 Å². The molecule has 132 valence electrons. The Bertz CT molecular complexity index is 733. The van der Waals surface area contributed by atoms with Gasteiger partial charge in [0.15, 0.2) is 6.10 Å². The molecule has 0 saturated heterocycles. The van der Waals surface area contributed by atoms with Gasteiger partial charge in [0.25, 0.3) is 5.91 Å². The highest BCUT2D eigenvalue weighted by molar-refractivity contribution is 6.34. The van der Waals surface area contributed by atoms with Gasteiger partial charge in [-0.1, -0.05) is 36.7 Å². The second kappa shape index (κ2) is 9.08. The van der Waals surface area contributed by atoms with Crippen LogP contribution in [0.25, 0.3) is 0 Å². The zero-order valence-corrected chi connectivity index (χ0v) is 14.9. The van der Waals surface area contributed by atoms with E-state index in [0.717, 1.165) is 0 Å². The average Bonchev–Trinajstić information content (AvgIpc) is 2.60. The molecule has 0 saturated carbocycles. The number of halogens is 1. The fourth-order valence-electron chi connectivity index (χ4n) is 2.18. The van der Waals surface area contributed by atoms with Gasteiger partial charge in [-0.15, -0.1) is 0 Å². The third-order valence-corrected chi connectivity index (χ3v) is 3.73. The number of para-hydroxylation sites is 1. The van der Waals surface area contributed by atoms with Crippen LogP contribution < -0.4 is 10.1 Å². The second-order valence-electron chi connectivity index (χ2n) is 5.23. The van der Waals surface area contributed by atoms with Crippen molar-refractivity contribution in [3.63, 3.8) is 0 Å². The fraction of sp³-hybridized carbons (Fsp3) is 0.263. The van der Waals surface area contributed by atoms with E-state index in [9.17, 15) is 9.59 Å². The molecule has 5 nitrogen and oxygen atoms in total. The zero-order chi connectivity index (χ0) is 18.2. The second-order valence-corrected chi connectivity index (χ2v) is 5.64. The molecule has 1 N–H and O–H groups in total. The van der Waals surface area contributed by atoms with E-state index in [2.05, 4.69) is 5.32 Å². The lowest BCUT2D eigenvalue weighted by molar-refractivity contribution is -0.122. The molecule has 0 fully saturated rings. The SMILES string of the molecule is CCOC(=O)c1ccc(NC(=O)[C@H](CC)Oc2ccccc2)cc1Cl. The van der Waals surface area contributed by atoms with Crippen molar-refractivity contribution in [1.82, 2.24) is 0 Å². The van der Waals surface area contributed by atoms with E-state index in [-0.39, 0.29) is 23.1 Å². The molecule has 0 aliphatic heterocycles. The highest BCUT2D eigenvalue weighted by atomic mass is 35.5. The molecule has 2 aromatic carbocycles. The van der Waals surface area contributed by atoms with Crippen LogP contribution in [0.15, 0.2) is 48.5 Å². The number of nitrogens with one attached hydrogen (secondary N) is 1. The van der Waals surface area contributed by atoms with Crippen LogP contribution in [0.4, 0.5) is 5.69 Å². The summed E-state index contributed by atoms with van der Waals surface area (Å²) in [5.74, 6) is -0.157. The van der Waals surface area contributed by atoms with E-state index in [0.29, 0.717) is 17.9 Å². The zero-order valence-electron chi connectivity index (χ0n) is 14.1. The number of anilines is 1. The topological polar surface area (TPSA) is 64.6 Å². The van der Waals surface area contributed by atoms with E-state index < -0.39 is 12.1 Å². The van der Waals surface area contributed by atoms with Gasteiger partial charge in [0.05, 0.1) is 17.2 Å². The van der Waals surface area contributed by atoms with Crippen LogP contribution in [0.3, 0.4) is 0 Å². The summed E-state index contributed by atoms with van der Waals surface area (Å²) in [4.78, 5) is 24.2. The summed E-state index contributed by atoms with van der Waals surface area (Å²) >= 11 is 6.10. The van der Waals surface area contributed by atoms with E-state index >= 15 is 0 Å². The van der Waals surface area contributed by atoms with Gasteiger partial charge in [-0.3, -0.25) is 4.79 Å².